The number of imidazole rings is 1. The van der Waals surface area contributed by atoms with E-state index < -0.39 is 0 Å². The fourth-order valence-corrected chi connectivity index (χ4v) is 2.67. The quantitative estimate of drug-likeness (QED) is 0.787. The smallest absolute Gasteiger partial charge is 0.124 e. The molecule has 1 saturated heterocycles. The SMILES string of the molecule is CCC(N)c1nc2ccc(CN3CCNCC3)cc2[nH]1. The summed E-state index contributed by atoms with van der Waals surface area (Å²) < 4.78 is 0. The largest absolute Gasteiger partial charge is 0.341 e. The van der Waals surface area contributed by atoms with Crippen molar-refractivity contribution in [3.8, 4) is 0 Å². The Morgan fingerprint density at radius 3 is 2.90 bits per heavy atom. The first-order valence-corrected chi connectivity index (χ1v) is 7.43. The van der Waals surface area contributed by atoms with Crippen LogP contribution in [0.5, 0.6) is 0 Å². The molecule has 1 unspecified atom stereocenters. The van der Waals surface area contributed by atoms with Crippen molar-refractivity contribution in [1.82, 2.24) is 20.2 Å². The fraction of sp³-hybridized carbons (Fsp3) is 0.533. The van der Waals surface area contributed by atoms with Crippen LogP contribution in [-0.4, -0.2) is 41.0 Å². The number of hydrogen-bond acceptors (Lipinski definition) is 4. The molecule has 108 valence electrons. The van der Waals surface area contributed by atoms with Crippen LogP contribution in [0.3, 0.4) is 0 Å². The van der Waals surface area contributed by atoms with Crippen molar-refractivity contribution in [2.45, 2.75) is 25.9 Å². The maximum absolute atomic E-state index is 6.04. The van der Waals surface area contributed by atoms with Crippen molar-refractivity contribution >= 4 is 11.0 Å². The van der Waals surface area contributed by atoms with Gasteiger partial charge in [-0.15, -0.1) is 0 Å². The second kappa shape index (κ2) is 5.91. The normalized spacial score (nSPS) is 18.5. The van der Waals surface area contributed by atoms with Gasteiger partial charge >= 0.3 is 0 Å². The minimum absolute atomic E-state index is 0.000908. The summed E-state index contributed by atoms with van der Waals surface area (Å²) >= 11 is 0. The molecule has 0 amide bonds. The first-order chi connectivity index (χ1) is 9.76. The number of hydrogen-bond donors (Lipinski definition) is 3. The third-order valence-electron chi connectivity index (χ3n) is 3.97. The van der Waals surface area contributed by atoms with Crippen molar-refractivity contribution in [3.05, 3.63) is 29.6 Å². The molecule has 0 aliphatic carbocycles. The summed E-state index contributed by atoms with van der Waals surface area (Å²) in [5, 5.41) is 3.38. The lowest BCUT2D eigenvalue weighted by atomic mass is 10.2. The number of benzene rings is 1. The summed E-state index contributed by atoms with van der Waals surface area (Å²) in [5.74, 6) is 0.891. The van der Waals surface area contributed by atoms with E-state index in [1.165, 1.54) is 5.56 Å². The van der Waals surface area contributed by atoms with Gasteiger partial charge in [-0.1, -0.05) is 13.0 Å². The van der Waals surface area contributed by atoms with Crippen molar-refractivity contribution < 1.29 is 0 Å². The molecule has 4 N–H and O–H groups in total. The van der Waals surface area contributed by atoms with E-state index in [1.807, 2.05) is 0 Å². The van der Waals surface area contributed by atoms with Gasteiger partial charge in [0.2, 0.25) is 0 Å². The zero-order valence-electron chi connectivity index (χ0n) is 12.0. The average Bonchev–Trinajstić information content (AvgIpc) is 2.90. The molecule has 1 aliphatic rings. The summed E-state index contributed by atoms with van der Waals surface area (Å²) in [6.07, 6.45) is 0.896. The zero-order chi connectivity index (χ0) is 13.9. The highest BCUT2D eigenvalue weighted by molar-refractivity contribution is 5.76. The van der Waals surface area contributed by atoms with Gasteiger partial charge in [0.05, 0.1) is 17.1 Å². The van der Waals surface area contributed by atoms with E-state index in [-0.39, 0.29) is 6.04 Å². The van der Waals surface area contributed by atoms with E-state index in [2.05, 4.69) is 45.3 Å². The van der Waals surface area contributed by atoms with E-state index in [0.29, 0.717) is 0 Å². The van der Waals surface area contributed by atoms with Gasteiger partial charge < -0.3 is 16.0 Å². The second-order valence-corrected chi connectivity index (χ2v) is 5.51. The number of aromatic amines is 1. The van der Waals surface area contributed by atoms with E-state index >= 15 is 0 Å². The summed E-state index contributed by atoms with van der Waals surface area (Å²) in [6, 6.07) is 6.47. The third kappa shape index (κ3) is 2.85. The summed E-state index contributed by atoms with van der Waals surface area (Å²) in [5.41, 5.74) is 9.47. The summed E-state index contributed by atoms with van der Waals surface area (Å²) in [6.45, 7) is 7.49. The minimum atomic E-state index is -0.000908. The first-order valence-electron chi connectivity index (χ1n) is 7.43. The average molecular weight is 273 g/mol. The molecule has 3 rings (SSSR count). The van der Waals surface area contributed by atoms with Gasteiger partial charge in [0.1, 0.15) is 5.82 Å². The van der Waals surface area contributed by atoms with Crippen LogP contribution in [0.15, 0.2) is 18.2 Å². The van der Waals surface area contributed by atoms with Crippen LogP contribution in [0.1, 0.15) is 30.8 Å². The number of aromatic nitrogens is 2. The van der Waals surface area contributed by atoms with E-state index in [9.17, 15) is 0 Å². The minimum Gasteiger partial charge on any atom is -0.341 e. The lowest BCUT2D eigenvalue weighted by Crippen LogP contribution is -2.42. The highest BCUT2D eigenvalue weighted by Crippen LogP contribution is 2.19. The van der Waals surface area contributed by atoms with Gasteiger partial charge in [-0.05, 0) is 24.1 Å². The molecule has 0 radical (unpaired) electrons. The Bertz CT molecular complexity index is 571. The number of nitrogens with two attached hydrogens (primary N) is 1. The van der Waals surface area contributed by atoms with Crippen LogP contribution >= 0.6 is 0 Å². The molecular weight excluding hydrogens is 250 g/mol. The number of piperazine rings is 1. The molecule has 1 fully saturated rings. The highest BCUT2D eigenvalue weighted by atomic mass is 15.2. The molecule has 2 aromatic rings. The van der Waals surface area contributed by atoms with E-state index in [0.717, 1.165) is 56.0 Å². The van der Waals surface area contributed by atoms with Crippen LogP contribution in [0.4, 0.5) is 0 Å². The maximum atomic E-state index is 6.04. The van der Waals surface area contributed by atoms with Gasteiger partial charge in [-0.2, -0.15) is 0 Å². The first kappa shape index (κ1) is 13.5. The molecule has 1 aliphatic heterocycles. The standard InChI is InChI=1S/C15H23N5/c1-2-12(16)15-18-13-4-3-11(9-14(13)19-15)10-20-7-5-17-6-8-20/h3-4,9,12,17H,2,5-8,10,16H2,1H3,(H,18,19). The Kier molecular flexibility index (Phi) is 4.00. The molecule has 20 heavy (non-hydrogen) atoms. The number of nitrogens with one attached hydrogen (secondary N) is 2. The van der Waals surface area contributed by atoms with E-state index in [1.54, 1.807) is 0 Å². The summed E-state index contributed by atoms with van der Waals surface area (Å²) in [4.78, 5) is 10.4. The van der Waals surface area contributed by atoms with Crippen molar-refractivity contribution in [2.75, 3.05) is 26.2 Å². The molecule has 0 spiro atoms. The molecule has 5 heteroatoms. The lowest BCUT2D eigenvalue weighted by molar-refractivity contribution is 0.233. The van der Waals surface area contributed by atoms with Gasteiger partial charge in [-0.3, -0.25) is 4.90 Å². The van der Waals surface area contributed by atoms with Gasteiger partial charge in [0.25, 0.3) is 0 Å². The topological polar surface area (TPSA) is 70.0 Å². The predicted molar refractivity (Wildman–Crippen MR) is 81.5 cm³/mol. The van der Waals surface area contributed by atoms with Gasteiger partial charge in [-0.25, -0.2) is 4.98 Å². The predicted octanol–water partition coefficient (Wildman–Crippen LogP) is 1.38. The second-order valence-electron chi connectivity index (χ2n) is 5.51. The Morgan fingerprint density at radius 1 is 1.35 bits per heavy atom. The Labute approximate surface area is 119 Å². The summed E-state index contributed by atoms with van der Waals surface area (Å²) in [7, 11) is 0. The molecule has 0 saturated carbocycles. The van der Waals surface area contributed by atoms with Gasteiger partial charge in [0, 0.05) is 32.7 Å². The van der Waals surface area contributed by atoms with Crippen LogP contribution < -0.4 is 11.1 Å². The number of rotatable bonds is 4. The van der Waals surface area contributed by atoms with Crippen LogP contribution in [0.25, 0.3) is 11.0 Å². The Morgan fingerprint density at radius 2 is 2.15 bits per heavy atom. The molecule has 5 nitrogen and oxygen atoms in total. The van der Waals surface area contributed by atoms with Crippen LogP contribution in [-0.2, 0) is 6.54 Å². The van der Waals surface area contributed by atoms with Crippen molar-refractivity contribution in [3.63, 3.8) is 0 Å². The van der Waals surface area contributed by atoms with Crippen LogP contribution in [0, 0.1) is 0 Å². The number of H-pyrrole nitrogens is 1. The van der Waals surface area contributed by atoms with E-state index in [4.69, 9.17) is 5.73 Å². The Hall–Kier alpha value is -1.43. The van der Waals surface area contributed by atoms with Crippen LogP contribution in [0.2, 0.25) is 0 Å². The number of nitrogens with zero attached hydrogens (tertiary/aromatic N) is 2. The lowest BCUT2D eigenvalue weighted by Gasteiger charge is -2.27. The van der Waals surface area contributed by atoms with Crippen molar-refractivity contribution in [2.24, 2.45) is 5.73 Å². The Balaban J connectivity index is 1.79. The molecule has 1 aromatic carbocycles. The third-order valence-corrected chi connectivity index (χ3v) is 3.97. The molecular formula is C15H23N5. The fourth-order valence-electron chi connectivity index (χ4n) is 2.67. The molecule has 0 bridgehead atoms. The highest BCUT2D eigenvalue weighted by Gasteiger charge is 2.12. The molecule has 1 aromatic heterocycles. The van der Waals surface area contributed by atoms with Gasteiger partial charge in [0.15, 0.2) is 0 Å². The van der Waals surface area contributed by atoms with Crippen molar-refractivity contribution in [1.29, 1.82) is 0 Å². The molecule has 1 atom stereocenters. The number of fused-ring (bicyclic) bond motifs is 1. The molecule has 2 heterocycles. The monoisotopic (exact) mass is 273 g/mol. The maximum Gasteiger partial charge on any atom is 0.124 e. The zero-order valence-corrected chi connectivity index (χ0v) is 12.0.